The van der Waals surface area contributed by atoms with Crippen LogP contribution in [0.5, 0.6) is 5.75 Å². The zero-order valence-corrected chi connectivity index (χ0v) is 17.8. The highest BCUT2D eigenvalue weighted by Gasteiger charge is 2.26. The molecule has 0 N–H and O–H groups in total. The summed E-state index contributed by atoms with van der Waals surface area (Å²) in [5.74, 6) is 0.152. The second-order valence-corrected chi connectivity index (χ2v) is 9.08. The predicted octanol–water partition coefficient (Wildman–Crippen LogP) is 4.88. The normalized spacial score (nSPS) is 11.5. The molecule has 0 atom stereocenters. The van der Waals surface area contributed by atoms with Crippen LogP contribution < -0.4 is 4.74 Å². The molecule has 0 amide bonds. The van der Waals surface area contributed by atoms with Gasteiger partial charge in [-0.3, -0.25) is 4.79 Å². The minimum atomic E-state index is -3.89. The van der Waals surface area contributed by atoms with Gasteiger partial charge in [0.05, 0.1) is 28.5 Å². The standard InChI is InChI=1S/C22H16BrNO4S/c1-28-20-9-5-8-19-21(20)18(22(25)15-10-12-16(23)13-11-15)14-24(19)29(26,27)17-6-3-2-4-7-17/h2-14H,1H3. The molecule has 29 heavy (non-hydrogen) atoms. The highest BCUT2D eigenvalue weighted by atomic mass is 79.9. The highest BCUT2D eigenvalue weighted by molar-refractivity contribution is 9.10. The number of rotatable bonds is 5. The van der Waals surface area contributed by atoms with Gasteiger partial charge in [0.1, 0.15) is 5.75 Å². The molecule has 0 spiro atoms. The van der Waals surface area contributed by atoms with Gasteiger partial charge in [-0.05, 0) is 48.5 Å². The van der Waals surface area contributed by atoms with Crippen LogP contribution in [0, 0.1) is 0 Å². The topological polar surface area (TPSA) is 65.4 Å². The van der Waals surface area contributed by atoms with E-state index in [1.165, 1.54) is 25.4 Å². The summed E-state index contributed by atoms with van der Waals surface area (Å²) in [6, 6.07) is 20.1. The lowest BCUT2D eigenvalue weighted by Crippen LogP contribution is -2.12. The van der Waals surface area contributed by atoms with Crippen LogP contribution in [0.1, 0.15) is 15.9 Å². The van der Waals surface area contributed by atoms with E-state index in [9.17, 15) is 13.2 Å². The zero-order valence-electron chi connectivity index (χ0n) is 15.4. The van der Waals surface area contributed by atoms with E-state index in [4.69, 9.17) is 4.74 Å². The van der Waals surface area contributed by atoms with Crippen molar-refractivity contribution in [3.8, 4) is 5.75 Å². The van der Waals surface area contributed by atoms with Crippen molar-refractivity contribution >= 4 is 42.6 Å². The quantitative estimate of drug-likeness (QED) is 0.390. The molecule has 0 saturated heterocycles. The minimum absolute atomic E-state index is 0.141. The maximum atomic E-state index is 13.3. The first-order valence-corrected chi connectivity index (χ1v) is 11.0. The number of fused-ring (bicyclic) bond motifs is 1. The number of carbonyl (C=O) groups is 1. The van der Waals surface area contributed by atoms with Crippen molar-refractivity contribution in [2.75, 3.05) is 7.11 Å². The van der Waals surface area contributed by atoms with Crippen LogP contribution in [-0.4, -0.2) is 25.3 Å². The summed E-state index contributed by atoms with van der Waals surface area (Å²) in [5, 5.41) is 0.461. The van der Waals surface area contributed by atoms with E-state index >= 15 is 0 Å². The molecule has 0 radical (unpaired) electrons. The van der Waals surface area contributed by atoms with E-state index in [0.29, 0.717) is 22.2 Å². The molecular formula is C22H16BrNO4S. The SMILES string of the molecule is COc1cccc2c1c(C(=O)c1ccc(Br)cc1)cn2S(=O)(=O)c1ccccc1. The number of ketones is 1. The molecule has 0 fully saturated rings. The van der Waals surface area contributed by atoms with Crippen molar-refractivity contribution in [3.63, 3.8) is 0 Å². The van der Waals surface area contributed by atoms with Gasteiger partial charge in [-0.15, -0.1) is 0 Å². The fraction of sp³-hybridized carbons (Fsp3) is 0.0455. The van der Waals surface area contributed by atoms with Gasteiger partial charge in [-0.2, -0.15) is 0 Å². The molecule has 5 nitrogen and oxygen atoms in total. The lowest BCUT2D eigenvalue weighted by Gasteiger charge is -2.08. The third-order valence-corrected chi connectivity index (χ3v) is 6.84. The van der Waals surface area contributed by atoms with E-state index in [2.05, 4.69) is 15.9 Å². The molecular weight excluding hydrogens is 454 g/mol. The Bertz CT molecular complexity index is 1310. The van der Waals surface area contributed by atoms with Crippen molar-refractivity contribution in [1.29, 1.82) is 0 Å². The Kier molecular flexibility index (Phi) is 5.02. The Labute approximate surface area is 176 Å². The fourth-order valence-corrected chi connectivity index (χ4v) is 4.88. The summed E-state index contributed by atoms with van der Waals surface area (Å²) < 4.78 is 34.0. The summed E-state index contributed by atoms with van der Waals surface area (Å²) in [4.78, 5) is 13.4. The van der Waals surface area contributed by atoms with Gasteiger partial charge in [0.15, 0.2) is 5.78 Å². The summed E-state index contributed by atoms with van der Waals surface area (Å²) in [7, 11) is -2.40. The molecule has 0 aliphatic carbocycles. The average molecular weight is 470 g/mol. The second-order valence-electron chi connectivity index (χ2n) is 6.35. The van der Waals surface area contributed by atoms with Gasteiger partial charge in [0.2, 0.25) is 0 Å². The van der Waals surface area contributed by atoms with Crippen LogP contribution in [0.15, 0.2) is 88.4 Å². The maximum absolute atomic E-state index is 13.3. The van der Waals surface area contributed by atoms with Gasteiger partial charge in [0, 0.05) is 16.2 Å². The number of carbonyl (C=O) groups excluding carboxylic acids is 1. The van der Waals surface area contributed by atoms with Crippen molar-refractivity contribution in [2.24, 2.45) is 0 Å². The molecule has 0 unspecified atom stereocenters. The van der Waals surface area contributed by atoms with E-state index in [1.54, 1.807) is 60.7 Å². The van der Waals surface area contributed by atoms with Crippen LogP contribution in [0.2, 0.25) is 0 Å². The molecule has 3 aromatic carbocycles. The summed E-state index contributed by atoms with van der Waals surface area (Å²) in [5.41, 5.74) is 1.10. The van der Waals surface area contributed by atoms with Gasteiger partial charge < -0.3 is 4.74 Å². The monoisotopic (exact) mass is 469 g/mol. The number of aromatic nitrogens is 1. The van der Waals surface area contributed by atoms with Crippen LogP contribution in [-0.2, 0) is 10.0 Å². The van der Waals surface area contributed by atoms with Gasteiger partial charge in [-0.1, -0.05) is 40.2 Å². The molecule has 4 aromatic rings. The van der Waals surface area contributed by atoms with Gasteiger partial charge >= 0.3 is 0 Å². The largest absolute Gasteiger partial charge is 0.496 e. The third-order valence-electron chi connectivity index (χ3n) is 4.63. The number of benzene rings is 3. The number of hydrogen-bond acceptors (Lipinski definition) is 4. The summed E-state index contributed by atoms with van der Waals surface area (Å²) in [6.07, 6.45) is 1.37. The molecule has 0 bridgehead atoms. The molecule has 1 heterocycles. The van der Waals surface area contributed by atoms with Gasteiger partial charge in [-0.25, -0.2) is 12.4 Å². The van der Waals surface area contributed by atoms with E-state index < -0.39 is 10.0 Å². The average Bonchev–Trinajstić information content (AvgIpc) is 3.15. The van der Waals surface area contributed by atoms with Crippen LogP contribution >= 0.6 is 15.9 Å². The Morgan fingerprint density at radius 1 is 0.931 bits per heavy atom. The van der Waals surface area contributed by atoms with E-state index in [0.717, 1.165) is 8.45 Å². The third kappa shape index (κ3) is 3.36. The molecule has 7 heteroatoms. The smallest absolute Gasteiger partial charge is 0.268 e. The first kappa shape index (κ1) is 19.4. The summed E-state index contributed by atoms with van der Waals surface area (Å²) >= 11 is 3.35. The maximum Gasteiger partial charge on any atom is 0.268 e. The van der Waals surface area contributed by atoms with E-state index in [1.807, 2.05) is 0 Å². The lowest BCUT2D eigenvalue weighted by molar-refractivity contribution is 0.104. The zero-order chi connectivity index (χ0) is 20.6. The van der Waals surface area contributed by atoms with Crippen LogP contribution in [0.4, 0.5) is 0 Å². The molecule has 4 rings (SSSR count). The Morgan fingerprint density at radius 3 is 2.28 bits per heavy atom. The van der Waals surface area contributed by atoms with Gasteiger partial charge in [0.25, 0.3) is 10.0 Å². The fourth-order valence-electron chi connectivity index (χ4n) is 3.23. The van der Waals surface area contributed by atoms with E-state index in [-0.39, 0.29) is 16.2 Å². The number of ether oxygens (including phenoxy) is 1. The van der Waals surface area contributed by atoms with Crippen molar-refractivity contribution in [1.82, 2.24) is 3.97 Å². The minimum Gasteiger partial charge on any atom is -0.496 e. The van der Waals surface area contributed by atoms with Crippen molar-refractivity contribution in [2.45, 2.75) is 4.90 Å². The first-order chi connectivity index (χ1) is 13.9. The number of hydrogen-bond donors (Lipinski definition) is 0. The van der Waals surface area contributed by atoms with Crippen molar-refractivity contribution < 1.29 is 17.9 Å². The molecule has 1 aromatic heterocycles. The Balaban J connectivity index is 1.99. The molecule has 0 aliphatic rings. The number of halogens is 1. The van der Waals surface area contributed by atoms with Crippen LogP contribution in [0.3, 0.4) is 0 Å². The predicted molar refractivity (Wildman–Crippen MR) is 115 cm³/mol. The molecule has 146 valence electrons. The Morgan fingerprint density at radius 2 is 1.62 bits per heavy atom. The number of methoxy groups -OCH3 is 1. The number of nitrogens with zero attached hydrogens (tertiary/aromatic N) is 1. The lowest BCUT2D eigenvalue weighted by atomic mass is 10.0. The molecule has 0 aliphatic heterocycles. The molecule has 0 saturated carbocycles. The highest BCUT2D eigenvalue weighted by Crippen LogP contribution is 2.34. The second kappa shape index (κ2) is 7.50. The first-order valence-electron chi connectivity index (χ1n) is 8.72. The van der Waals surface area contributed by atoms with Crippen LogP contribution in [0.25, 0.3) is 10.9 Å². The van der Waals surface area contributed by atoms with Crippen molar-refractivity contribution in [3.05, 3.63) is 94.6 Å². The summed E-state index contributed by atoms with van der Waals surface area (Å²) in [6.45, 7) is 0. The Hall–Kier alpha value is -2.90.